The molecule has 116 valence electrons. The summed E-state index contributed by atoms with van der Waals surface area (Å²) in [5.41, 5.74) is 2.58. The van der Waals surface area contributed by atoms with Gasteiger partial charge in [0.05, 0.1) is 14.2 Å². The summed E-state index contributed by atoms with van der Waals surface area (Å²) in [6.45, 7) is 7.47. The van der Waals surface area contributed by atoms with Crippen LogP contribution in [0.25, 0.3) is 0 Å². The number of benzene rings is 1. The second-order valence-corrected chi connectivity index (χ2v) is 6.30. The standard InChI is InChI=1S/C16H24N2O3/c1-16(2,3)13-8-6-12(7-9-13)10-18(4)11-14(19)17-15(20)21-5/h6-9H,10-11H2,1-5H3,(H,17,19,20)/p+1. The average molecular weight is 293 g/mol. The Bertz CT molecular complexity index is 489. The fourth-order valence-corrected chi connectivity index (χ4v) is 2.02. The van der Waals surface area contributed by atoms with Gasteiger partial charge in [0.25, 0.3) is 5.91 Å². The van der Waals surface area contributed by atoms with Crippen LogP contribution in [-0.4, -0.2) is 32.7 Å². The Morgan fingerprint density at radius 3 is 2.24 bits per heavy atom. The molecule has 1 rings (SSSR count). The van der Waals surface area contributed by atoms with Crippen molar-refractivity contribution < 1.29 is 19.2 Å². The number of amides is 2. The van der Waals surface area contributed by atoms with Crippen molar-refractivity contribution in [3.63, 3.8) is 0 Å². The van der Waals surface area contributed by atoms with Crippen LogP contribution in [0.2, 0.25) is 0 Å². The molecule has 1 aromatic rings. The second kappa shape index (κ2) is 7.22. The molecule has 0 bridgehead atoms. The third kappa shape index (κ3) is 5.95. The van der Waals surface area contributed by atoms with E-state index in [1.54, 1.807) is 0 Å². The first kappa shape index (κ1) is 17.2. The van der Waals surface area contributed by atoms with Crippen LogP contribution in [0.15, 0.2) is 24.3 Å². The molecule has 2 amide bonds. The van der Waals surface area contributed by atoms with Gasteiger partial charge in [-0.3, -0.25) is 10.1 Å². The van der Waals surface area contributed by atoms with E-state index in [-0.39, 0.29) is 17.9 Å². The summed E-state index contributed by atoms with van der Waals surface area (Å²) in [4.78, 5) is 23.5. The molecule has 0 radical (unpaired) electrons. The summed E-state index contributed by atoms with van der Waals surface area (Å²) < 4.78 is 4.39. The number of methoxy groups -OCH3 is 1. The maximum Gasteiger partial charge on any atom is 0.413 e. The molecule has 1 atom stereocenters. The first-order chi connectivity index (χ1) is 9.72. The smallest absolute Gasteiger partial charge is 0.413 e. The number of quaternary nitrogens is 1. The number of rotatable bonds is 4. The van der Waals surface area contributed by atoms with Gasteiger partial charge in [-0.05, 0) is 11.0 Å². The summed E-state index contributed by atoms with van der Waals surface area (Å²) in [7, 11) is 3.14. The quantitative estimate of drug-likeness (QED) is 0.866. The van der Waals surface area contributed by atoms with E-state index in [0.29, 0.717) is 0 Å². The van der Waals surface area contributed by atoms with E-state index in [2.05, 4.69) is 55.1 Å². The van der Waals surface area contributed by atoms with Crippen molar-refractivity contribution in [1.29, 1.82) is 0 Å². The normalized spacial score (nSPS) is 12.6. The van der Waals surface area contributed by atoms with Crippen molar-refractivity contribution in [1.82, 2.24) is 5.32 Å². The first-order valence-electron chi connectivity index (χ1n) is 7.01. The molecule has 0 saturated heterocycles. The molecule has 0 aliphatic rings. The molecule has 0 saturated carbocycles. The molecule has 0 spiro atoms. The van der Waals surface area contributed by atoms with E-state index in [1.807, 2.05) is 7.05 Å². The minimum atomic E-state index is -0.720. The number of carbonyl (C=O) groups is 2. The largest absolute Gasteiger partial charge is 0.453 e. The summed E-state index contributed by atoms with van der Waals surface area (Å²) in [5, 5.41) is 2.15. The molecule has 0 aliphatic heterocycles. The predicted octanol–water partition coefficient (Wildman–Crippen LogP) is 0.881. The van der Waals surface area contributed by atoms with E-state index in [9.17, 15) is 9.59 Å². The van der Waals surface area contributed by atoms with Gasteiger partial charge in [-0.2, -0.15) is 0 Å². The molecule has 21 heavy (non-hydrogen) atoms. The summed E-state index contributed by atoms with van der Waals surface area (Å²) in [5.74, 6) is -0.342. The number of nitrogens with one attached hydrogen (secondary N) is 2. The molecule has 0 heterocycles. The third-order valence-corrected chi connectivity index (χ3v) is 3.22. The first-order valence-corrected chi connectivity index (χ1v) is 7.01. The van der Waals surface area contributed by atoms with Crippen molar-refractivity contribution in [3.8, 4) is 0 Å². The highest BCUT2D eigenvalue weighted by Gasteiger charge is 2.15. The molecule has 1 unspecified atom stereocenters. The highest BCUT2D eigenvalue weighted by molar-refractivity contribution is 5.92. The van der Waals surface area contributed by atoms with Crippen molar-refractivity contribution in [3.05, 3.63) is 35.4 Å². The van der Waals surface area contributed by atoms with E-state index >= 15 is 0 Å². The van der Waals surface area contributed by atoms with E-state index in [4.69, 9.17) is 0 Å². The van der Waals surface area contributed by atoms with Gasteiger partial charge in [-0.25, -0.2) is 4.79 Å². The number of carbonyl (C=O) groups excluding carboxylic acids is 2. The molecule has 5 nitrogen and oxygen atoms in total. The zero-order chi connectivity index (χ0) is 16.0. The van der Waals surface area contributed by atoms with Gasteiger partial charge < -0.3 is 9.64 Å². The molecule has 0 aliphatic carbocycles. The third-order valence-electron chi connectivity index (χ3n) is 3.22. The van der Waals surface area contributed by atoms with Crippen LogP contribution in [0, 0.1) is 0 Å². The van der Waals surface area contributed by atoms with Crippen LogP contribution in [0.5, 0.6) is 0 Å². The fraction of sp³-hybridized carbons (Fsp3) is 0.500. The number of likely N-dealkylation sites (N-methyl/N-ethyl adjacent to an activating group) is 1. The lowest BCUT2D eigenvalue weighted by atomic mass is 9.87. The minimum Gasteiger partial charge on any atom is -0.453 e. The van der Waals surface area contributed by atoms with Crippen LogP contribution >= 0.6 is 0 Å². The fourth-order valence-electron chi connectivity index (χ4n) is 2.02. The maximum absolute atomic E-state index is 11.6. The van der Waals surface area contributed by atoms with Crippen LogP contribution in [0.3, 0.4) is 0 Å². The Morgan fingerprint density at radius 2 is 1.76 bits per heavy atom. The highest BCUT2D eigenvalue weighted by Crippen LogP contribution is 2.21. The lowest BCUT2D eigenvalue weighted by molar-refractivity contribution is -0.885. The zero-order valence-electron chi connectivity index (χ0n) is 13.4. The average Bonchev–Trinajstić information content (AvgIpc) is 2.37. The lowest BCUT2D eigenvalue weighted by Gasteiger charge is -2.19. The van der Waals surface area contributed by atoms with Crippen LogP contribution < -0.4 is 10.2 Å². The van der Waals surface area contributed by atoms with E-state index < -0.39 is 6.09 Å². The number of hydrogen-bond donors (Lipinski definition) is 2. The highest BCUT2D eigenvalue weighted by atomic mass is 16.5. The Morgan fingerprint density at radius 1 is 1.19 bits per heavy atom. The summed E-state index contributed by atoms with van der Waals surface area (Å²) >= 11 is 0. The van der Waals surface area contributed by atoms with Gasteiger partial charge in [-0.15, -0.1) is 0 Å². The van der Waals surface area contributed by atoms with Gasteiger partial charge in [0.15, 0.2) is 6.54 Å². The number of ether oxygens (including phenoxy) is 1. The lowest BCUT2D eigenvalue weighted by Crippen LogP contribution is -3.08. The Balaban J connectivity index is 2.53. The SMILES string of the molecule is COC(=O)NC(=O)C[NH+](C)Cc1ccc(C(C)(C)C)cc1. The van der Waals surface area contributed by atoms with E-state index in [1.165, 1.54) is 12.7 Å². The molecule has 5 heteroatoms. The molecular formula is C16H25N2O3+. The topological polar surface area (TPSA) is 59.8 Å². The Labute approximate surface area is 126 Å². The second-order valence-electron chi connectivity index (χ2n) is 6.30. The van der Waals surface area contributed by atoms with Crippen molar-refractivity contribution >= 4 is 12.0 Å². The Kier molecular flexibility index (Phi) is 5.90. The van der Waals surface area contributed by atoms with Gasteiger partial charge in [0.2, 0.25) is 0 Å². The maximum atomic E-state index is 11.6. The van der Waals surface area contributed by atoms with Gasteiger partial charge in [-0.1, -0.05) is 45.0 Å². The number of imide groups is 1. The summed E-state index contributed by atoms with van der Waals surface area (Å²) in [6.07, 6.45) is -0.720. The van der Waals surface area contributed by atoms with Crippen molar-refractivity contribution in [2.45, 2.75) is 32.7 Å². The van der Waals surface area contributed by atoms with Crippen LogP contribution in [-0.2, 0) is 21.5 Å². The summed E-state index contributed by atoms with van der Waals surface area (Å²) in [6, 6.07) is 8.42. The van der Waals surface area contributed by atoms with Gasteiger partial charge in [0, 0.05) is 5.56 Å². The van der Waals surface area contributed by atoms with Gasteiger partial charge in [0.1, 0.15) is 6.54 Å². The molecule has 2 N–H and O–H groups in total. The molecule has 1 aromatic carbocycles. The molecule has 0 fully saturated rings. The van der Waals surface area contributed by atoms with Crippen LogP contribution in [0.4, 0.5) is 4.79 Å². The number of hydrogen-bond acceptors (Lipinski definition) is 3. The van der Waals surface area contributed by atoms with Crippen LogP contribution in [0.1, 0.15) is 31.9 Å². The predicted molar refractivity (Wildman–Crippen MR) is 81.1 cm³/mol. The molecular weight excluding hydrogens is 268 g/mol. The monoisotopic (exact) mass is 293 g/mol. The Hall–Kier alpha value is -1.88. The van der Waals surface area contributed by atoms with Crippen molar-refractivity contribution in [2.75, 3.05) is 20.7 Å². The zero-order valence-corrected chi connectivity index (χ0v) is 13.4. The van der Waals surface area contributed by atoms with Gasteiger partial charge >= 0.3 is 6.09 Å². The number of alkyl carbamates (subject to hydrolysis) is 1. The van der Waals surface area contributed by atoms with Crippen molar-refractivity contribution in [2.24, 2.45) is 0 Å². The van der Waals surface area contributed by atoms with E-state index in [0.717, 1.165) is 17.0 Å². The molecule has 0 aromatic heterocycles. The minimum absolute atomic E-state index is 0.137.